The Morgan fingerprint density at radius 1 is 1.36 bits per heavy atom. The van der Waals surface area contributed by atoms with Crippen LogP contribution in [0, 0.1) is 6.92 Å². The molecule has 0 spiro atoms. The number of aromatic nitrogens is 1. The standard InChI is InChI=1S/C12H20NO/c1-3-4-5-9-14-11-13-8-6-7-12(2)10-13/h6-8,10H,3-5,9,11H2,1-2H3/q+1. The van der Waals surface area contributed by atoms with E-state index in [1.165, 1.54) is 24.8 Å². The zero-order valence-electron chi connectivity index (χ0n) is 9.20. The van der Waals surface area contributed by atoms with Crippen molar-refractivity contribution in [3.05, 3.63) is 30.1 Å². The molecule has 1 aromatic rings. The lowest BCUT2D eigenvalue weighted by molar-refractivity contribution is -0.733. The predicted octanol–water partition coefficient (Wildman–Crippen LogP) is 2.45. The Labute approximate surface area is 86.5 Å². The van der Waals surface area contributed by atoms with Crippen molar-refractivity contribution in [2.24, 2.45) is 0 Å². The highest BCUT2D eigenvalue weighted by Gasteiger charge is 1.98. The van der Waals surface area contributed by atoms with Crippen LogP contribution in [0.3, 0.4) is 0 Å². The van der Waals surface area contributed by atoms with Crippen molar-refractivity contribution in [1.29, 1.82) is 0 Å². The minimum absolute atomic E-state index is 0.672. The summed E-state index contributed by atoms with van der Waals surface area (Å²) in [6.45, 7) is 5.84. The fourth-order valence-corrected chi connectivity index (χ4v) is 1.36. The van der Waals surface area contributed by atoms with E-state index >= 15 is 0 Å². The smallest absolute Gasteiger partial charge is 0.252 e. The van der Waals surface area contributed by atoms with Crippen molar-refractivity contribution in [3.63, 3.8) is 0 Å². The minimum atomic E-state index is 0.672. The molecule has 0 N–H and O–H groups in total. The van der Waals surface area contributed by atoms with E-state index < -0.39 is 0 Å². The van der Waals surface area contributed by atoms with Gasteiger partial charge in [0.1, 0.15) is 0 Å². The summed E-state index contributed by atoms with van der Waals surface area (Å²) < 4.78 is 7.61. The number of rotatable bonds is 6. The van der Waals surface area contributed by atoms with Crippen LogP contribution < -0.4 is 4.57 Å². The van der Waals surface area contributed by atoms with Crippen molar-refractivity contribution < 1.29 is 9.30 Å². The van der Waals surface area contributed by atoms with Crippen LogP contribution in [0.15, 0.2) is 24.5 Å². The SMILES string of the molecule is CCCCCOC[n+]1cccc(C)c1. The first kappa shape index (κ1) is 11.2. The summed E-state index contributed by atoms with van der Waals surface area (Å²) in [5, 5.41) is 0. The second-order valence-corrected chi connectivity index (χ2v) is 3.64. The van der Waals surface area contributed by atoms with Gasteiger partial charge in [-0.05, 0) is 19.4 Å². The fraction of sp³-hybridized carbons (Fsp3) is 0.583. The van der Waals surface area contributed by atoms with Gasteiger partial charge in [-0.2, -0.15) is 4.57 Å². The van der Waals surface area contributed by atoms with Crippen LogP contribution in [0.2, 0.25) is 0 Å². The number of hydrogen-bond donors (Lipinski definition) is 0. The molecular weight excluding hydrogens is 174 g/mol. The number of hydrogen-bond acceptors (Lipinski definition) is 1. The second kappa shape index (κ2) is 6.55. The molecule has 0 aliphatic rings. The molecule has 2 heteroatoms. The summed E-state index contributed by atoms with van der Waals surface area (Å²) in [6, 6.07) is 4.14. The third-order valence-corrected chi connectivity index (χ3v) is 2.14. The maximum Gasteiger partial charge on any atom is 0.252 e. The van der Waals surface area contributed by atoms with E-state index in [1.807, 2.05) is 12.3 Å². The summed E-state index contributed by atoms with van der Waals surface area (Å²) in [4.78, 5) is 0. The molecule has 0 bridgehead atoms. The van der Waals surface area contributed by atoms with Gasteiger partial charge >= 0.3 is 0 Å². The quantitative estimate of drug-likeness (QED) is 0.501. The molecule has 14 heavy (non-hydrogen) atoms. The molecular formula is C12H20NO+. The molecule has 1 heterocycles. The van der Waals surface area contributed by atoms with E-state index in [0.717, 1.165) is 6.61 Å². The Morgan fingerprint density at radius 2 is 2.21 bits per heavy atom. The average molecular weight is 194 g/mol. The van der Waals surface area contributed by atoms with Crippen LogP contribution in [0.4, 0.5) is 0 Å². The number of pyridine rings is 1. The van der Waals surface area contributed by atoms with Crippen molar-refractivity contribution in [3.8, 4) is 0 Å². The Bertz CT molecular complexity index is 260. The minimum Gasteiger partial charge on any atom is -0.323 e. The zero-order valence-corrected chi connectivity index (χ0v) is 9.20. The molecule has 0 saturated carbocycles. The number of nitrogens with zero attached hydrogens (tertiary/aromatic N) is 1. The van der Waals surface area contributed by atoms with Gasteiger partial charge in [-0.25, -0.2) is 0 Å². The highest BCUT2D eigenvalue weighted by Crippen LogP contribution is 1.94. The first-order valence-electron chi connectivity index (χ1n) is 5.36. The lowest BCUT2D eigenvalue weighted by Gasteiger charge is -2.00. The fourth-order valence-electron chi connectivity index (χ4n) is 1.36. The first-order chi connectivity index (χ1) is 6.83. The topological polar surface area (TPSA) is 13.1 Å². The number of unbranched alkanes of at least 4 members (excludes halogenated alkanes) is 2. The monoisotopic (exact) mass is 194 g/mol. The predicted molar refractivity (Wildman–Crippen MR) is 56.9 cm³/mol. The van der Waals surface area contributed by atoms with Crippen molar-refractivity contribution in [1.82, 2.24) is 0 Å². The maximum atomic E-state index is 5.54. The Morgan fingerprint density at radius 3 is 2.93 bits per heavy atom. The van der Waals surface area contributed by atoms with Crippen LogP contribution in [-0.2, 0) is 11.5 Å². The molecule has 0 fully saturated rings. The Hall–Kier alpha value is -0.890. The normalized spacial score (nSPS) is 10.4. The lowest BCUT2D eigenvalue weighted by Crippen LogP contribution is -2.34. The summed E-state index contributed by atoms with van der Waals surface area (Å²) >= 11 is 0. The van der Waals surface area contributed by atoms with Crippen LogP contribution in [-0.4, -0.2) is 6.61 Å². The van der Waals surface area contributed by atoms with Gasteiger partial charge in [0.25, 0.3) is 6.73 Å². The van der Waals surface area contributed by atoms with E-state index in [9.17, 15) is 0 Å². The van der Waals surface area contributed by atoms with E-state index in [1.54, 1.807) is 0 Å². The summed E-state index contributed by atoms with van der Waals surface area (Å²) in [7, 11) is 0. The molecule has 0 amide bonds. The van der Waals surface area contributed by atoms with Gasteiger partial charge < -0.3 is 4.74 Å². The van der Waals surface area contributed by atoms with Gasteiger partial charge in [0.15, 0.2) is 12.4 Å². The molecule has 0 atom stereocenters. The van der Waals surface area contributed by atoms with Gasteiger partial charge in [0.2, 0.25) is 0 Å². The molecule has 2 nitrogen and oxygen atoms in total. The molecule has 0 saturated heterocycles. The van der Waals surface area contributed by atoms with Crippen LogP contribution in [0.5, 0.6) is 0 Å². The van der Waals surface area contributed by atoms with E-state index in [2.05, 4.69) is 30.7 Å². The highest BCUT2D eigenvalue weighted by molar-refractivity contribution is 5.01. The molecule has 0 radical (unpaired) electrons. The van der Waals surface area contributed by atoms with Crippen molar-refractivity contribution in [2.45, 2.75) is 39.8 Å². The molecule has 1 rings (SSSR count). The van der Waals surface area contributed by atoms with Gasteiger partial charge in [0.05, 0.1) is 6.61 Å². The van der Waals surface area contributed by atoms with Gasteiger partial charge in [0, 0.05) is 11.6 Å². The van der Waals surface area contributed by atoms with Crippen LogP contribution >= 0.6 is 0 Å². The molecule has 0 aromatic carbocycles. The van der Waals surface area contributed by atoms with E-state index in [4.69, 9.17) is 4.74 Å². The number of ether oxygens (including phenoxy) is 1. The van der Waals surface area contributed by atoms with Gasteiger partial charge in [-0.3, -0.25) is 0 Å². The van der Waals surface area contributed by atoms with Gasteiger partial charge in [-0.1, -0.05) is 19.8 Å². The third-order valence-electron chi connectivity index (χ3n) is 2.14. The highest BCUT2D eigenvalue weighted by atomic mass is 16.5. The zero-order chi connectivity index (χ0) is 10.2. The van der Waals surface area contributed by atoms with Crippen molar-refractivity contribution >= 4 is 0 Å². The second-order valence-electron chi connectivity index (χ2n) is 3.64. The molecule has 1 aromatic heterocycles. The molecule has 0 unspecified atom stereocenters. The average Bonchev–Trinajstić information content (AvgIpc) is 2.18. The Kier molecular flexibility index (Phi) is 5.23. The first-order valence-corrected chi connectivity index (χ1v) is 5.36. The maximum absolute atomic E-state index is 5.54. The van der Waals surface area contributed by atoms with E-state index in [-0.39, 0.29) is 0 Å². The lowest BCUT2D eigenvalue weighted by atomic mass is 10.3. The summed E-state index contributed by atoms with van der Waals surface area (Å²) in [6.07, 6.45) is 7.81. The summed E-state index contributed by atoms with van der Waals surface area (Å²) in [5.41, 5.74) is 1.27. The third kappa shape index (κ3) is 4.38. The molecule has 0 aliphatic carbocycles. The van der Waals surface area contributed by atoms with E-state index in [0.29, 0.717) is 6.73 Å². The van der Waals surface area contributed by atoms with Crippen molar-refractivity contribution in [2.75, 3.05) is 6.61 Å². The largest absolute Gasteiger partial charge is 0.323 e. The number of aryl methyl sites for hydroxylation is 1. The Balaban J connectivity index is 2.18. The van der Waals surface area contributed by atoms with Crippen LogP contribution in [0.1, 0.15) is 31.7 Å². The van der Waals surface area contributed by atoms with Gasteiger partial charge in [-0.15, -0.1) is 0 Å². The van der Waals surface area contributed by atoms with Crippen LogP contribution in [0.25, 0.3) is 0 Å². The molecule has 0 aliphatic heterocycles. The summed E-state index contributed by atoms with van der Waals surface area (Å²) in [5.74, 6) is 0. The molecule has 78 valence electrons.